The number of rotatable bonds is 7. The molecule has 2 atom stereocenters. The normalized spacial score (nSPS) is 18.6. The second-order valence-electron chi connectivity index (χ2n) is 9.65. The Labute approximate surface area is 221 Å². The lowest BCUT2D eigenvalue weighted by Crippen LogP contribution is -2.63. The van der Waals surface area contributed by atoms with Gasteiger partial charge in [0.15, 0.2) is 23.0 Å². The van der Waals surface area contributed by atoms with Crippen LogP contribution in [-0.4, -0.2) is 62.9 Å². The van der Waals surface area contributed by atoms with E-state index in [1.54, 1.807) is 22.8 Å². The summed E-state index contributed by atoms with van der Waals surface area (Å²) in [6, 6.07) is 7.03. The minimum absolute atomic E-state index is 0.0168. The Kier molecular flexibility index (Phi) is 7.03. The van der Waals surface area contributed by atoms with E-state index in [9.17, 15) is 22.7 Å². The van der Waals surface area contributed by atoms with E-state index in [1.807, 2.05) is 4.90 Å². The Morgan fingerprint density at radius 2 is 1.92 bits per heavy atom. The van der Waals surface area contributed by atoms with Crippen molar-refractivity contribution in [1.29, 1.82) is 0 Å². The van der Waals surface area contributed by atoms with Gasteiger partial charge in [0, 0.05) is 30.4 Å². The largest absolute Gasteiger partial charge is 0.494 e. The van der Waals surface area contributed by atoms with Gasteiger partial charge in [0.05, 0.1) is 25.5 Å². The highest BCUT2D eigenvalue weighted by Crippen LogP contribution is 2.36. The molecule has 39 heavy (non-hydrogen) atoms. The van der Waals surface area contributed by atoms with Gasteiger partial charge < -0.3 is 30.8 Å². The van der Waals surface area contributed by atoms with Crippen LogP contribution in [0.3, 0.4) is 0 Å². The standard InChI is InChI=1S/C26H27F4N7O2/c1-39-20-9-17(27)16(8-18(20)28)14-3-4-19(36-6-2-5-26(32,11-36)22(38)23(29)30)15(7-14)10-37-13-35-21-24(31)33-12-34-25(21)37/h3-4,7-9,12-13,22-23,38H,2,5-6,10-11,32H2,1H3,(H2,31,33,34)/t22-,26?/m1/s1. The summed E-state index contributed by atoms with van der Waals surface area (Å²) in [6.45, 7) is 0.643. The van der Waals surface area contributed by atoms with E-state index < -0.39 is 29.7 Å². The molecule has 1 fully saturated rings. The van der Waals surface area contributed by atoms with Crippen molar-refractivity contribution in [3.63, 3.8) is 0 Å². The quantitative estimate of drug-likeness (QED) is 0.302. The smallest absolute Gasteiger partial charge is 0.265 e. The highest BCUT2D eigenvalue weighted by Gasteiger charge is 2.43. The number of ether oxygens (including phenoxy) is 1. The first-order valence-electron chi connectivity index (χ1n) is 12.2. The highest BCUT2D eigenvalue weighted by atomic mass is 19.3. The molecule has 5 N–H and O–H groups in total. The summed E-state index contributed by atoms with van der Waals surface area (Å²) in [5.74, 6) is -1.43. The summed E-state index contributed by atoms with van der Waals surface area (Å²) in [5, 5.41) is 10.2. The number of hydrogen-bond donors (Lipinski definition) is 3. The Balaban J connectivity index is 1.60. The zero-order valence-corrected chi connectivity index (χ0v) is 21.0. The van der Waals surface area contributed by atoms with Crippen molar-refractivity contribution in [2.24, 2.45) is 5.73 Å². The maximum absolute atomic E-state index is 15.0. The average Bonchev–Trinajstić information content (AvgIpc) is 3.33. The van der Waals surface area contributed by atoms with E-state index in [0.29, 0.717) is 40.9 Å². The first-order chi connectivity index (χ1) is 18.6. The van der Waals surface area contributed by atoms with Crippen molar-refractivity contribution in [2.75, 3.05) is 30.8 Å². The molecule has 0 spiro atoms. The molecule has 1 aliphatic heterocycles. The van der Waals surface area contributed by atoms with Gasteiger partial charge in [-0.3, -0.25) is 0 Å². The molecule has 1 saturated heterocycles. The third-order valence-electron chi connectivity index (χ3n) is 7.13. The van der Waals surface area contributed by atoms with Crippen LogP contribution in [-0.2, 0) is 6.54 Å². The van der Waals surface area contributed by atoms with Crippen LogP contribution in [0.4, 0.5) is 29.1 Å². The van der Waals surface area contributed by atoms with E-state index >= 15 is 0 Å². The lowest BCUT2D eigenvalue weighted by Gasteiger charge is -2.44. The molecule has 206 valence electrons. The number of benzene rings is 2. The van der Waals surface area contributed by atoms with Crippen molar-refractivity contribution in [3.8, 4) is 16.9 Å². The number of anilines is 2. The predicted octanol–water partition coefficient (Wildman–Crippen LogP) is 3.33. The first-order valence-corrected chi connectivity index (χ1v) is 12.2. The van der Waals surface area contributed by atoms with Crippen molar-refractivity contribution >= 4 is 22.7 Å². The van der Waals surface area contributed by atoms with E-state index in [4.69, 9.17) is 16.2 Å². The number of nitrogens with two attached hydrogens (primary N) is 2. The molecule has 3 heterocycles. The van der Waals surface area contributed by atoms with Crippen LogP contribution in [0, 0.1) is 11.6 Å². The molecule has 0 amide bonds. The molecule has 0 aliphatic carbocycles. The van der Waals surface area contributed by atoms with E-state index in [-0.39, 0.29) is 36.6 Å². The fourth-order valence-electron chi connectivity index (χ4n) is 5.10. The SMILES string of the molecule is COc1cc(F)c(-c2ccc(N3CCCC(N)([C@H](O)C(F)F)C3)c(Cn3cnc4c(N)ncnc43)c2)cc1F. The number of aromatic nitrogens is 4. The van der Waals surface area contributed by atoms with Gasteiger partial charge in [-0.2, -0.15) is 0 Å². The topological polar surface area (TPSA) is 128 Å². The van der Waals surface area contributed by atoms with E-state index in [2.05, 4.69) is 15.0 Å². The molecule has 0 saturated carbocycles. The van der Waals surface area contributed by atoms with Crippen molar-refractivity contribution in [1.82, 2.24) is 19.5 Å². The molecule has 1 aliphatic rings. The number of nitrogen functional groups attached to an aromatic ring is 1. The monoisotopic (exact) mass is 545 g/mol. The molecular weight excluding hydrogens is 518 g/mol. The fourth-order valence-corrected chi connectivity index (χ4v) is 5.10. The predicted molar refractivity (Wildman–Crippen MR) is 138 cm³/mol. The molecule has 2 aromatic heterocycles. The van der Waals surface area contributed by atoms with Gasteiger partial charge in [-0.1, -0.05) is 6.07 Å². The van der Waals surface area contributed by atoms with Crippen molar-refractivity contribution in [2.45, 2.75) is 37.5 Å². The number of halogens is 4. The highest BCUT2D eigenvalue weighted by molar-refractivity contribution is 5.81. The maximum Gasteiger partial charge on any atom is 0.265 e. The van der Waals surface area contributed by atoms with Crippen LogP contribution in [0.15, 0.2) is 43.0 Å². The summed E-state index contributed by atoms with van der Waals surface area (Å²) in [7, 11) is 1.25. The molecule has 0 radical (unpaired) electrons. The lowest BCUT2D eigenvalue weighted by atomic mass is 9.84. The summed E-state index contributed by atoms with van der Waals surface area (Å²) in [4.78, 5) is 14.3. The number of methoxy groups -OCH3 is 1. The molecular formula is C26H27F4N7O2. The molecule has 1 unspecified atom stereocenters. The lowest BCUT2D eigenvalue weighted by molar-refractivity contribution is -0.0529. The van der Waals surface area contributed by atoms with Gasteiger partial charge in [-0.25, -0.2) is 32.5 Å². The number of alkyl halides is 2. The molecule has 4 aromatic rings. The molecule has 2 aromatic carbocycles. The fraction of sp³-hybridized carbons (Fsp3) is 0.346. The van der Waals surface area contributed by atoms with Crippen LogP contribution >= 0.6 is 0 Å². The van der Waals surface area contributed by atoms with E-state index in [0.717, 1.165) is 12.1 Å². The van der Waals surface area contributed by atoms with Crippen molar-refractivity contribution in [3.05, 3.63) is 60.2 Å². The van der Waals surface area contributed by atoms with Crippen LogP contribution in [0.2, 0.25) is 0 Å². The van der Waals surface area contributed by atoms with Gasteiger partial charge >= 0.3 is 0 Å². The molecule has 13 heteroatoms. The van der Waals surface area contributed by atoms with Crippen molar-refractivity contribution < 1.29 is 27.4 Å². The van der Waals surface area contributed by atoms with Gasteiger partial charge in [0.1, 0.15) is 23.8 Å². The number of aliphatic hydroxyl groups is 1. The Morgan fingerprint density at radius 3 is 2.67 bits per heavy atom. The van der Waals surface area contributed by atoms with E-state index in [1.165, 1.54) is 19.8 Å². The number of hydrogen-bond acceptors (Lipinski definition) is 8. The molecule has 0 bridgehead atoms. The Bertz CT molecular complexity index is 1520. The number of piperidine rings is 1. The molecule has 5 rings (SSSR count). The third kappa shape index (κ3) is 4.94. The van der Waals surface area contributed by atoms with Crippen LogP contribution < -0.4 is 21.1 Å². The second kappa shape index (κ2) is 10.3. The maximum atomic E-state index is 15.0. The summed E-state index contributed by atoms with van der Waals surface area (Å²) < 4.78 is 62.9. The van der Waals surface area contributed by atoms with Gasteiger partial charge in [0.25, 0.3) is 6.43 Å². The zero-order valence-electron chi connectivity index (χ0n) is 21.0. The number of imidazole rings is 1. The minimum atomic E-state index is -2.99. The second-order valence-corrected chi connectivity index (χ2v) is 9.65. The summed E-state index contributed by atoms with van der Waals surface area (Å²) in [5.41, 5.74) is 13.2. The zero-order chi connectivity index (χ0) is 27.9. The van der Waals surface area contributed by atoms with Crippen LogP contribution in [0.5, 0.6) is 5.75 Å². The Hall–Kier alpha value is -3.97. The summed E-state index contributed by atoms with van der Waals surface area (Å²) >= 11 is 0. The third-order valence-corrected chi connectivity index (χ3v) is 7.13. The van der Waals surface area contributed by atoms with Gasteiger partial charge in [-0.05, 0) is 42.2 Å². The number of aliphatic hydroxyl groups excluding tert-OH is 1. The average molecular weight is 546 g/mol. The first kappa shape index (κ1) is 26.6. The number of fused-ring (bicyclic) bond motifs is 1. The van der Waals surface area contributed by atoms with Crippen LogP contribution in [0.1, 0.15) is 18.4 Å². The van der Waals surface area contributed by atoms with Gasteiger partial charge in [0.2, 0.25) is 0 Å². The molecule has 9 nitrogen and oxygen atoms in total. The Morgan fingerprint density at radius 1 is 1.13 bits per heavy atom. The van der Waals surface area contributed by atoms with Crippen LogP contribution in [0.25, 0.3) is 22.3 Å². The summed E-state index contributed by atoms with van der Waals surface area (Å²) in [6.07, 6.45) is -1.46. The van der Waals surface area contributed by atoms with Gasteiger partial charge in [-0.15, -0.1) is 0 Å². The number of nitrogens with zero attached hydrogens (tertiary/aromatic N) is 5. The minimum Gasteiger partial charge on any atom is -0.494 e.